The summed E-state index contributed by atoms with van der Waals surface area (Å²) in [4.78, 5) is 35.8. The Morgan fingerprint density at radius 3 is 2.42 bits per heavy atom. The topological polar surface area (TPSA) is 113 Å². The van der Waals surface area contributed by atoms with E-state index in [1.165, 1.54) is 13.0 Å². The number of nitrogens with one attached hydrogen (secondary N) is 3. The first-order valence-corrected chi connectivity index (χ1v) is 8.10. The molecule has 0 bridgehead atoms. The zero-order valence-electron chi connectivity index (χ0n) is 15.1. The molecule has 1 aromatic carbocycles. The number of nitrogens with zero attached hydrogens (tertiary/aromatic N) is 1. The Kier molecular flexibility index (Phi) is 5.76. The van der Waals surface area contributed by atoms with E-state index in [1.807, 2.05) is 30.3 Å². The van der Waals surface area contributed by atoms with Gasteiger partial charge in [0.05, 0.1) is 5.69 Å². The second kappa shape index (κ2) is 7.81. The molecule has 0 aliphatic carbocycles. The normalized spacial score (nSPS) is 12.2. The van der Waals surface area contributed by atoms with Crippen LogP contribution >= 0.6 is 0 Å². The molecule has 1 heterocycles. The van der Waals surface area contributed by atoms with E-state index in [0.717, 1.165) is 5.56 Å². The molecule has 0 saturated carbocycles. The third-order valence-corrected chi connectivity index (χ3v) is 3.25. The van der Waals surface area contributed by atoms with E-state index in [9.17, 15) is 14.4 Å². The van der Waals surface area contributed by atoms with Crippen LogP contribution in [0.15, 0.2) is 36.4 Å². The lowest BCUT2D eigenvalue weighted by Crippen LogP contribution is -2.50. The number of carbonyl (C=O) groups is 3. The lowest BCUT2D eigenvalue weighted by atomic mass is 10.1. The quantitative estimate of drug-likeness (QED) is 0.726. The highest BCUT2D eigenvalue weighted by atomic mass is 16.5. The molecular formula is C18H22N4O4. The van der Waals surface area contributed by atoms with E-state index in [-0.39, 0.29) is 5.69 Å². The molecule has 3 N–H and O–H groups in total. The summed E-state index contributed by atoms with van der Waals surface area (Å²) in [6.45, 7) is 6.72. The fraction of sp³-hybridized carbons (Fsp3) is 0.333. The first-order valence-electron chi connectivity index (χ1n) is 8.10. The largest absolute Gasteiger partial charge is 0.448 e. The minimum absolute atomic E-state index is 0.114. The van der Waals surface area contributed by atoms with Gasteiger partial charge >= 0.3 is 12.0 Å². The molecule has 0 aliphatic rings. The van der Waals surface area contributed by atoms with Gasteiger partial charge in [-0.05, 0) is 33.8 Å². The van der Waals surface area contributed by atoms with Gasteiger partial charge in [0.2, 0.25) is 0 Å². The van der Waals surface area contributed by atoms with Crippen LogP contribution in [0, 0.1) is 0 Å². The average molecular weight is 358 g/mol. The predicted molar refractivity (Wildman–Crippen MR) is 95.3 cm³/mol. The SMILES string of the molecule is C[C@H](OC(=O)c1cc(-c2ccccc2)n[nH]1)C(=O)NC(=O)NC(C)(C)C. The molecule has 0 radical (unpaired) electrons. The van der Waals surface area contributed by atoms with Crippen LogP contribution in [0.3, 0.4) is 0 Å². The van der Waals surface area contributed by atoms with Gasteiger partial charge in [0.1, 0.15) is 5.69 Å². The standard InChI is InChI=1S/C18H22N4O4/c1-11(15(23)19-17(25)20-18(2,3)4)26-16(24)14-10-13(21-22-14)12-8-6-5-7-9-12/h5-11H,1-4H3,(H,21,22)(H2,19,20,23,25)/t11-/m0/s1. The number of amides is 3. The molecule has 1 atom stereocenters. The number of rotatable bonds is 4. The number of ether oxygens (including phenoxy) is 1. The average Bonchev–Trinajstić information content (AvgIpc) is 3.03. The molecule has 1 aromatic heterocycles. The molecule has 2 aromatic rings. The Balaban J connectivity index is 1.94. The van der Waals surface area contributed by atoms with Gasteiger partial charge in [0.15, 0.2) is 6.10 Å². The van der Waals surface area contributed by atoms with Gasteiger partial charge in [0, 0.05) is 11.1 Å². The molecule has 2 rings (SSSR count). The van der Waals surface area contributed by atoms with E-state index < -0.39 is 29.6 Å². The van der Waals surface area contributed by atoms with Crippen molar-refractivity contribution < 1.29 is 19.1 Å². The number of H-pyrrole nitrogens is 1. The van der Waals surface area contributed by atoms with Crippen molar-refractivity contribution >= 4 is 17.9 Å². The van der Waals surface area contributed by atoms with Crippen molar-refractivity contribution in [3.05, 3.63) is 42.1 Å². The Bertz CT molecular complexity index is 793. The number of aromatic nitrogens is 2. The second-order valence-corrected chi connectivity index (χ2v) is 6.77. The summed E-state index contributed by atoms with van der Waals surface area (Å²) in [6.07, 6.45) is -1.14. The van der Waals surface area contributed by atoms with Crippen molar-refractivity contribution in [1.29, 1.82) is 0 Å². The summed E-state index contributed by atoms with van der Waals surface area (Å²) in [6, 6.07) is 10.2. The zero-order chi connectivity index (χ0) is 19.3. The summed E-state index contributed by atoms with van der Waals surface area (Å²) in [7, 11) is 0. The van der Waals surface area contributed by atoms with Gasteiger partial charge in [-0.25, -0.2) is 9.59 Å². The van der Waals surface area contributed by atoms with E-state index >= 15 is 0 Å². The second-order valence-electron chi connectivity index (χ2n) is 6.77. The Hall–Kier alpha value is -3.16. The van der Waals surface area contributed by atoms with Crippen LogP contribution in [-0.2, 0) is 9.53 Å². The van der Waals surface area contributed by atoms with Gasteiger partial charge in [0.25, 0.3) is 5.91 Å². The minimum Gasteiger partial charge on any atom is -0.448 e. The van der Waals surface area contributed by atoms with Crippen molar-refractivity contribution in [3.8, 4) is 11.3 Å². The third-order valence-electron chi connectivity index (χ3n) is 3.25. The van der Waals surface area contributed by atoms with Crippen molar-refractivity contribution in [1.82, 2.24) is 20.8 Å². The number of aromatic amines is 1. The first-order chi connectivity index (χ1) is 12.2. The number of benzene rings is 1. The number of carbonyl (C=O) groups excluding carboxylic acids is 3. The van der Waals surface area contributed by atoms with Gasteiger partial charge in [-0.2, -0.15) is 5.10 Å². The van der Waals surface area contributed by atoms with Gasteiger partial charge in [-0.1, -0.05) is 30.3 Å². The first kappa shape index (κ1) is 19.2. The van der Waals surface area contributed by atoms with Crippen LogP contribution in [0.4, 0.5) is 4.79 Å². The van der Waals surface area contributed by atoms with Gasteiger partial charge in [-0.15, -0.1) is 0 Å². The Morgan fingerprint density at radius 1 is 1.15 bits per heavy atom. The van der Waals surface area contributed by atoms with Crippen molar-refractivity contribution in [2.24, 2.45) is 0 Å². The van der Waals surface area contributed by atoms with E-state index in [4.69, 9.17) is 4.74 Å². The maximum absolute atomic E-state index is 12.1. The number of hydrogen-bond donors (Lipinski definition) is 3. The maximum atomic E-state index is 12.1. The summed E-state index contributed by atoms with van der Waals surface area (Å²) in [5.74, 6) is -1.46. The highest BCUT2D eigenvalue weighted by Gasteiger charge is 2.23. The molecule has 3 amide bonds. The van der Waals surface area contributed by atoms with E-state index in [2.05, 4.69) is 20.8 Å². The smallest absolute Gasteiger partial charge is 0.357 e. The van der Waals surface area contributed by atoms with Crippen LogP contribution in [0.2, 0.25) is 0 Å². The van der Waals surface area contributed by atoms with E-state index in [1.54, 1.807) is 20.8 Å². The summed E-state index contributed by atoms with van der Waals surface area (Å²) < 4.78 is 5.08. The van der Waals surface area contributed by atoms with Crippen LogP contribution in [0.5, 0.6) is 0 Å². The van der Waals surface area contributed by atoms with Gasteiger partial charge in [-0.3, -0.25) is 15.2 Å². The van der Waals surface area contributed by atoms with Gasteiger partial charge < -0.3 is 10.1 Å². The third kappa shape index (κ3) is 5.44. The van der Waals surface area contributed by atoms with Crippen molar-refractivity contribution in [2.75, 3.05) is 0 Å². The Labute approximate surface area is 151 Å². The summed E-state index contributed by atoms with van der Waals surface area (Å²) in [5.41, 5.74) is 1.04. The minimum atomic E-state index is -1.14. The number of urea groups is 1. The van der Waals surface area contributed by atoms with Crippen LogP contribution in [-0.4, -0.2) is 39.7 Å². The van der Waals surface area contributed by atoms with Crippen LogP contribution in [0.25, 0.3) is 11.3 Å². The highest BCUT2D eigenvalue weighted by molar-refractivity contribution is 5.98. The molecule has 0 unspecified atom stereocenters. The number of esters is 1. The molecule has 8 nitrogen and oxygen atoms in total. The fourth-order valence-corrected chi connectivity index (χ4v) is 2.05. The summed E-state index contributed by atoms with van der Waals surface area (Å²) >= 11 is 0. The van der Waals surface area contributed by atoms with Crippen molar-refractivity contribution in [2.45, 2.75) is 39.3 Å². The molecule has 138 valence electrons. The molecule has 0 spiro atoms. The molecule has 0 fully saturated rings. The molecule has 26 heavy (non-hydrogen) atoms. The monoisotopic (exact) mass is 358 g/mol. The number of hydrogen-bond acceptors (Lipinski definition) is 5. The highest BCUT2D eigenvalue weighted by Crippen LogP contribution is 2.17. The fourth-order valence-electron chi connectivity index (χ4n) is 2.05. The zero-order valence-corrected chi connectivity index (χ0v) is 15.1. The lowest BCUT2D eigenvalue weighted by Gasteiger charge is -2.21. The molecular weight excluding hydrogens is 336 g/mol. The maximum Gasteiger partial charge on any atom is 0.357 e. The summed E-state index contributed by atoms with van der Waals surface area (Å²) in [5, 5.41) is 11.4. The Morgan fingerprint density at radius 2 is 1.81 bits per heavy atom. The lowest BCUT2D eigenvalue weighted by molar-refractivity contribution is -0.127. The number of imide groups is 1. The van der Waals surface area contributed by atoms with E-state index in [0.29, 0.717) is 5.69 Å². The molecule has 0 saturated heterocycles. The van der Waals surface area contributed by atoms with Crippen LogP contribution in [0.1, 0.15) is 38.2 Å². The van der Waals surface area contributed by atoms with Crippen LogP contribution < -0.4 is 10.6 Å². The molecule has 8 heteroatoms. The molecule has 0 aliphatic heterocycles. The predicted octanol–water partition coefficient (Wildman–Crippen LogP) is 2.25. The van der Waals surface area contributed by atoms with Crippen molar-refractivity contribution in [3.63, 3.8) is 0 Å².